The van der Waals surface area contributed by atoms with Gasteiger partial charge in [-0.15, -0.1) is 0 Å². The fraction of sp³-hybridized carbons (Fsp3) is 0.538. The monoisotopic (exact) mass is 558 g/mol. The molecule has 1 aromatic heterocycles. The van der Waals surface area contributed by atoms with Gasteiger partial charge in [0.25, 0.3) is 5.91 Å². The van der Waals surface area contributed by atoms with Crippen LogP contribution >= 0.6 is 0 Å². The van der Waals surface area contributed by atoms with Crippen LogP contribution in [0.3, 0.4) is 0 Å². The van der Waals surface area contributed by atoms with Crippen molar-refractivity contribution in [3.63, 3.8) is 0 Å². The normalized spacial score (nSPS) is 18.7. The summed E-state index contributed by atoms with van der Waals surface area (Å²) in [5.74, 6) is -0.438. The molecule has 39 heavy (non-hydrogen) atoms. The van der Waals surface area contributed by atoms with Crippen LogP contribution in [0.2, 0.25) is 18.1 Å². The highest BCUT2D eigenvalue weighted by atomic mass is 28.4. The van der Waals surface area contributed by atoms with Gasteiger partial charge in [0.15, 0.2) is 6.04 Å². The van der Waals surface area contributed by atoms with Crippen LogP contribution in [0, 0.1) is 0 Å². The molecule has 2 bridgehead atoms. The van der Waals surface area contributed by atoms with Gasteiger partial charge in [-0.05, 0) is 36.5 Å². The molecule has 2 atom stereocenters. The lowest BCUT2D eigenvalue weighted by molar-refractivity contribution is -0.141. The SMILES string of the molecule is CC(C)(C)[Si](C)(C)ONC(=O)[C@@H]1c2c(cnn2CCCCNC(=O)O)[C@@H]2CN1C(=O)N2OCc1ccccc1. The summed E-state index contributed by atoms with van der Waals surface area (Å²) in [5, 5.41) is 16.9. The van der Waals surface area contributed by atoms with Crippen molar-refractivity contribution in [2.75, 3.05) is 13.1 Å². The Bertz CT molecular complexity index is 1200. The number of hydrogen-bond acceptors (Lipinski definition) is 6. The number of nitrogens with one attached hydrogen (secondary N) is 2. The van der Waals surface area contributed by atoms with Gasteiger partial charge in [-0.25, -0.2) is 15.1 Å². The van der Waals surface area contributed by atoms with Crippen molar-refractivity contribution in [2.45, 2.75) is 77.0 Å². The van der Waals surface area contributed by atoms with Crippen molar-refractivity contribution < 1.29 is 28.9 Å². The summed E-state index contributed by atoms with van der Waals surface area (Å²) in [4.78, 5) is 45.5. The number of urea groups is 1. The molecule has 2 aliphatic rings. The van der Waals surface area contributed by atoms with Crippen molar-refractivity contribution in [3.05, 3.63) is 53.3 Å². The van der Waals surface area contributed by atoms with Crippen LogP contribution in [0.1, 0.15) is 62.5 Å². The highest BCUT2D eigenvalue weighted by molar-refractivity contribution is 6.74. The third-order valence-electron chi connectivity index (χ3n) is 7.67. The Labute approximate surface area is 229 Å². The molecule has 13 heteroatoms. The number of carboxylic acid groups (broad SMARTS) is 1. The molecule has 1 saturated heterocycles. The molecule has 0 unspecified atom stereocenters. The summed E-state index contributed by atoms with van der Waals surface area (Å²) in [6.45, 7) is 11.6. The Morgan fingerprint density at radius 2 is 1.90 bits per heavy atom. The van der Waals surface area contributed by atoms with Crippen LogP contribution in [0.25, 0.3) is 0 Å². The van der Waals surface area contributed by atoms with E-state index in [4.69, 9.17) is 14.5 Å². The van der Waals surface area contributed by atoms with Crippen molar-refractivity contribution in [1.82, 2.24) is 30.5 Å². The fourth-order valence-corrected chi connectivity index (χ4v) is 5.09. The van der Waals surface area contributed by atoms with Gasteiger partial charge in [0, 0.05) is 18.7 Å². The number of carbonyl (C=O) groups excluding carboxylic acids is 2. The molecule has 4 amide bonds. The number of fused-ring (bicyclic) bond motifs is 4. The Morgan fingerprint density at radius 3 is 2.56 bits per heavy atom. The second-order valence-corrected chi connectivity index (χ2v) is 16.1. The Balaban J connectivity index is 1.57. The number of benzene rings is 1. The third kappa shape index (κ3) is 6.10. The zero-order chi connectivity index (χ0) is 28.4. The number of unbranched alkanes of at least 4 members (excludes halogenated alkanes) is 1. The zero-order valence-electron chi connectivity index (χ0n) is 23.1. The van der Waals surface area contributed by atoms with E-state index in [0.717, 1.165) is 11.1 Å². The van der Waals surface area contributed by atoms with E-state index in [1.807, 2.05) is 43.4 Å². The maximum Gasteiger partial charge on any atom is 0.404 e. The smallest absolute Gasteiger partial charge is 0.404 e. The summed E-state index contributed by atoms with van der Waals surface area (Å²) in [6, 6.07) is 7.82. The molecule has 4 rings (SSSR count). The molecule has 0 spiro atoms. The number of hydrogen-bond donors (Lipinski definition) is 3. The Hall–Kier alpha value is -3.42. The molecule has 3 heterocycles. The first-order valence-corrected chi connectivity index (χ1v) is 16.1. The van der Waals surface area contributed by atoms with Crippen LogP contribution in [-0.2, 0) is 27.3 Å². The highest BCUT2D eigenvalue weighted by Crippen LogP contribution is 2.44. The van der Waals surface area contributed by atoms with Crippen LogP contribution in [0.4, 0.5) is 9.59 Å². The summed E-state index contributed by atoms with van der Waals surface area (Å²) in [7, 11) is -2.31. The maximum atomic E-state index is 13.7. The van der Waals surface area contributed by atoms with E-state index in [0.29, 0.717) is 31.6 Å². The standard InChI is InChI=1S/C26H38N6O6Si/c1-26(2,3)39(4,5)38-29-23(33)22-21-19(15-28-31(21)14-10-9-13-27-24(34)35)20-16-30(22)25(36)32(20)37-17-18-11-7-6-8-12-18/h6-8,11-12,15,20,22,27H,9-10,13-14,16-17H2,1-5H3,(H,29,33)(H,34,35)/t20-,22-/m0/s1. The van der Waals surface area contributed by atoms with Crippen LogP contribution < -0.4 is 10.8 Å². The summed E-state index contributed by atoms with van der Waals surface area (Å²) in [6.07, 6.45) is 1.86. The number of amides is 4. The minimum atomic E-state index is -2.31. The van der Waals surface area contributed by atoms with E-state index >= 15 is 0 Å². The molecule has 3 N–H and O–H groups in total. The Morgan fingerprint density at radius 1 is 1.18 bits per heavy atom. The summed E-state index contributed by atoms with van der Waals surface area (Å²) in [5.41, 5.74) is 4.97. The van der Waals surface area contributed by atoms with E-state index in [-0.39, 0.29) is 18.2 Å². The molecule has 12 nitrogen and oxygen atoms in total. The van der Waals surface area contributed by atoms with E-state index in [1.165, 1.54) is 9.96 Å². The average Bonchev–Trinajstić information content (AvgIpc) is 3.41. The Kier molecular flexibility index (Phi) is 8.33. The predicted molar refractivity (Wildman–Crippen MR) is 145 cm³/mol. The second-order valence-electron chi connectivity index (χ2n) is 11.4. The highest BCUT2D eigenvalue weighted by Gasteiger charge is 2.53. The second kappa shape index (κ2) is 11.4. The lowest BCUT2D eigenvalue weighted by atomic mass is 9.97. The van der Waals surface area contributed by atoms with Gasteiger partial charge in [-0.3, -0.25) is 14.3 Å². The predicted octanol–water partition coefficient (Wildman–Crippen LogP) is 3.95. The van der Waals surface area contributed by atoms with E-state index in [1.54, 1.807) is 10.9 Å². The van der Waals surface area contributed by atoms with Gasteiger partial charge in [-0.1, -0.05) is 51.1 Å². The van der Waals surface area contributed by atoms with Gasteiger partial charge in [0.2, 0.25) is 8.32 Å². The topological polar surface area (TPSA) is 138 Å². The maximum absolute atomic E-state index is 13.7. The third-order valence-corrected chi connectivity index (χ3v) is 11.9. The number of hydroxylamine groups is 3. The van der Waals surface area contributed by atoms with Gasteiger partial charge in [-0.2, -0.15) is 10.2 Å². The van der Waals surface area contributed by atoms with Crippen molar-refractivity contribution in [3.8, 4) is 0 Å². The molecule has 1 fully saturated rings. The number of nitrogens with zero attached hydrogens (tertiary/aromatic N) is 4. The van der Waals surface area contributed by atoms with Gasteiger partial charge >= 0.3 is 12.1 Å². The number of aryl methyl sites for hydroxylation is 1. The quantitative estimate of drug-likeness (QED) is 0.216. The molecule has 2 aromatic rings. The fourth-order valence-electron chi connectivity index (χ4n) is 4.43. The van der Waals surface area contributed by atoms with Crippen LogP contribution in [0.5, 0.6) is 0 Å². The first-order chi connectivity index (χ1) is 18.4. The molecule has 0 saturated carbocycles. The number of aromatic nitrogens is 2. The average molecular weight is 559 g/mol. The molecule has 0 radical (unpaired) electrons. The number of rotatable bonds is 11. The van der Waals surface area contributed by atoms with Crippen molar-refractivity contribution in [2.24, 2.45) is 0 Å². The first-order valence-electron chi connectivity index (χ1n) is 13.2. The lowest BCUT2D eigenvalue weighted by Gasteiger charge is -2.36. The zero-order valence-corrected chi connectivity index (χ0v) is 24.1. The summed E-state index contributed by atoms with van der Waals surface area (Å²) < 4.78 is 7.75. The molecule has 212 valence electrons. The summed E-state index contributed by atoms with van der Waals surface area (Å²) >= 11 is 0. The minimum Gasteiger partial charge on any atom is -0.465 e. The molecule has 2 aliphatic heterocycles. The van der Waals surface area contributed by atoms with Crippen molar-refractivity contribution in [1.29, 1.82) is 0 Å². The largest absolute Gasteiger partial charge is 0.465 e. The van der Waals surface area contributed by atoms with Crippen LogP contribution in [0.15, 0.2) is 36.5 Å². The van der Waals surface area contributed by atoms with E-state index in [9.17, 15) is 14.4 Å². The molecular formula is C26H38N6O6Si. The van der Waals surface area contributed by atoms with E-state index < -0.39 is 38.4 Å². The molecular weight excluding hydrogens is 520 g/mol. The number of carbonyl (C=O) groups is 3. The van der Waals surface area contributed by atoms with Crippen LogP contribution in [-0.4, -0.2) is 64.3 Å². The molecule has 0 aliphatic carbocycles. The van der Waals surface area contributed by atoms with Gasteiger partial charge < -0.3 is 19.8 Å². The first kappa shape index (κ1) is 28.6. The van der Waals surface area contributed by atoms with Gasteiger partial charge in [0.05, 0.1) is 18.4 Å². The van der Waals surface area contributed by atoms with Gasteiger partial charge in [0.1, 0.15) is 12.6 Å². The molecule has 1 aromatic carbocycles. The van der Waals surface area contributed by atoms with E-state index in [2.05, 4.69) is 36.7 Å². The minimum absolute atomic E-state index is 0.125. The van der Waals surface area contributed by atoms with Crippen molar-refractivity contribution >= 4 is 26.3 Å². The lowest BCUT2D eigenvalue weighted by Crippen LogP contribution is -2.50.